The second kappa shape index (κ2) is 5.33. The van der Waals surface area contributed by atoms with E-state index in [4.69, 9.17) is 4.74 Å². The van der Waals surface area contributed by atoms with E-state index in [2.05, 4.69) is 16.8 Å². The average Bonchev–Trinajstić information content (AvgIpc) is 2.98. The number of rotatable bonds is 3. The van der Waals surface area contributed by atoms with Crippen molar-refractivity contribution in [3.05, 3.63) is 10.6 Å². The molecule has 3 atom stereocenters. The molecule has 6 heteroatoms. The van der Waals surface area contributed by atoms with E-state index < -0.39 is 11.9 Å². The predicted octanol–water partition coefficient (Wildman–Crippen LogP) is 2.12. The van der Waals surface area contributed by atoms with Gasteiger partial charge in [-0.25, -0.2) is 4.98 Å². The van der Waals surface area contributed by atoms with Crippen LogP contribution in [0, 0.1) is 5.92 Å². The van der Waals surface area contributed by atoms with Crippen molar-refractivity contribution in [3.8, 4) is 0 Å². The van der Waals surface area contributed by atoms with Crippen LogP contribution in [0.4, 0.5) is 5.13 Å². The van der Waals surface area contributed by atoms with E-state index in [0.717, 1.165) is 41.6 Å². The predicted molar refractivity (Wildman–Crippen MR) is 77.6 cm³/mol. The molecule has 110 valence electrons. The Morgan fingerprint density at radius 2 is 2.30 bits per heavy atom. The van der Waals surface area contributed by atoms with Crippen LogP contribution in [-0.4, -0.2) is 42.4 Å². The highest BCUT2D eigenvalue weighted by molar-refractivity contribution is 7.15. The zero-order valence-electron chi connectivity index (χ0n) is 11.8. The Hall–Kier alpha value is -1.14. The van der Waals surface area contributed by atoms with Gasteiger partial charge in [0.25, 0.3) is 0 Å². The molecule has 3 rings (SSSR count). The van der Waals surface area contributed by atoms with Gasteiger partial charge in [-0.3, -0.25) is 4.79 Å². The molecule has 1 aromatic rings. The zero-order chi connectivity index (χ0) is 14.3. The topological polar surface area (TPSA) is 62.7 Å². The molecular weight excluding hydrogens is 276 g/mol. The third-order valence-electron chi connectivity index (χ3n) is 4.47. The molecule has 1 fully saturated rings. The number of nitrogens with zero attached hydrogens (tertiary/aromatic N) is 2. The molecule has 0 amide bonds. The monoisotopic (exact) mass is 296 g/mol. The highest BCUT2D eigenvalue weighted by Crippen LogP contribution is 2.40. The van der Waals surface area contributed by atoms with E-state index in [0.29, 0.717) is 12.3 Å². The van der Waals surface area contributed by atoms with Gasteiger partial charge in [0, 0.05) is 25.1 Å². The summed E-state index contributed by atoms with van der Waals surface area (Å²) >= 11 is 1.66. The Kier molecular flexibility index (Phi) is 3.69. The van der Waals surface area contributed by atoms with Crippen LogP contribution in [0.2, 0.25) is 0 Å². The molecule has 0 spiro atoms. The number of fused-ring (bicyclic) bond motifs is 1. The molecule has 3 unspecified atom stereocenters. The molecule has 20 heavy (non-hydrogen) atoms. The maximum absolute atomic E-state index is 11.2. The fourth-order valence-electron chi connectivity index (χ4n) is 3.10. The van der Waals surface area contributed by atoms with Gasteiger partial charge in [-0.1, -0.05) is 6.92 Å². The molecule has 5 nitrogen and oxygen atoms in total. The summed E-state index contributed by atoms with van der Waals surface area (Å²) in [6, 6.07) is 0. The summed E-state index contributed by atoms with van der Waals surface area (Å²) in [6.07, 6.45) is 2.87. The number of carbonyl (C=O) groups is 1. The maximum atomic E-state index is 11.2. The molecule has 1 aliphatic heterocycles. The number of ether oxygens (including phenoxy) is 1. The molecule has 2 heterocycles. The first-order chi connectivity index (χ1) is 9.60. The van der Waals surface area contributed by atoms with Crippen molar-refractivity contribution in [2.45, 2.75) is 38.2 Å². The van der Waals surface area contributed by atoms with Crippen molar-refractivity contribution in [2.24, 2.45) is 5.92 Å². The average molecular weight is 296 g/mol. The van der Waals surface area contributed by atoms with Crippen molar-refractivity contribution in [1.29, 1.82) is 0 Å². The lowest BCUT2D eigenvalue weighted by atomic mass is 9.96. The van der Waals surface area contributed by atoms with Crippen LogP contribution in [0.1, 0.15) is 36.3 Å². The Morgan fingerprint density at radius 1 is 1.50 bits per heavy atom. The van der Waals surface area contributed by atoms with Gasteiger partial charge in [0.1, 0.15) is 5.92 Å². The lowest BCUT2D eigenvalue weighted by Crippen LogP contribution is -2.43. The Balaban J connectivity index is 1.79. The van der Waals surface area contributed by atoms with Crippen LogP contribution in [0.15, 0.2) is 0 Å². The Morgan fingerprint density at radius 3 is 3.00 bits per heavy atom. The molecule has 0 saturated carbocycles. The fraction of sp³-hybridized carbons (Fsp3) is 0.714. The highest BCUT2D eigenvalue weighted by Gasteiger charge is 2.34. The van der Waals surface area contributed by atoms with E-state index in [1.54, 1.807) is 18.4 Å². The van der Waals surface area contributed by atoms with E-state index in [1.165, 1.54) is 0 Å². The molecule has 1 aromatic heterocycles. The molecule has 1 N–H and O–H groups in total. The normalized spacial score (nSPS) is 29.5. The summed E-state index contributed by atoms with van der Waals surface area (Å²) in [5, 5.41) is 10.2. The molecule has 0 radical (unpaired) electrons. The summed E-state index contributed by atoms with van der Waals surface area (Å²) in [7, 11) is 1.76. The minimum Gasteiger partial charge on any atom is -0.481 e. The standard InChI is InChI=1S/C14H20N2O3S/c1-8-5-6-16(7-10(8)19-2)14-15-12-9(13(17)18)3-4-11(12)20-14/h8-10H,3-7H2,1-2H3,(H,17,18). The summed E-state index contributed by atoms with van der Waals surface area (Å²) in [5.41, 5.74) is 0.796. The number of hydrogen-bond donors (Lipinski definition) is 1. The van der Waals surface area contributed by atoms with Crippen molar-refractivity contribution < 1.29 is 14.6 Å². The minimum atomic E-state index is -0.748. The molecule has 1 saturated heterocycles. The van der Waals surface area contributed by atoms with Crippen LogP contribution >= 0.6 is 11.3 Å². The van der Waals surface area contributed by atoms with Gasteiger partial charge in [0.05, 0.1) is 11.8 Å². The van der Waals surface area contributed by atoms with E-state index >= 15 is 0 Å². The smallest absolute Gasteiger partial charge is 0.312 e. The van der Waals surface area contributed by atoms with Crippen LogP contribution in [0.3, 0.4) is 0 Å². The number of anilines is 1. The number of carboxylic acids is 1. The number of aryl methyl sites for hydroxylation is 1. The van der Waals surface area contributed by atoms with Crippen LogP contribution in [0.5, 0.6) is 0 Å². The van der Waals surface area contributed by atoms with Crippen molar-refractivity contribution in [2.75, 3.05) is 25.1 Å². The lowest BCUT2D eigenvalue weighted by Gasteiger charge is -2.36. The SMILES string of the molecule is COC1CN(c2nc3c(s2)CCC3C(=O)O)CCC1C. The molecule has 0 aromatic carbocycles. The van der Waals surface area contributed by atoms with Crippen LogP contribution < -0.4 is 4.90 Å². The van der Waals surface area contributed by atoms with Gasteiger partial charge >= 0.3 is 5.97 Å². The fourth-order valence-corrected chi connectivity index (χ4v) is 4.28. The van der Waals surface area contributed by atoms with E-state index in [1.807, 2.05) is 0 Å². The van der Waals surface area contributed by atoms with Gasteiger partial charge < -0.3 is 14.7 Å². The molecular formula is C14H20N2O3S. The lowest BCUT2D eigenvalue weighted by molar-refractivity contribution is -0.138. The number of aromatic nitrogens is 1. The molecule has 0 bridgehead atoms. The first-order valence-electron chi connectivity index (χ1n) is 7.10. The van der Waals surface area contributed by atoms with Crippen molar-refractivity contribution in [1.82, 2.24) is 4.98 Å². The number of carboxylic acid groups (broad SMARTS) is 1. The van der Waals surface area contributed by atoms with Gasteiger partial charge in [0.2, 0.25) is 0 Å². The Labute approximate surface area is 122 Å². The first-order valence-corrected chi connectivity index (χ1v) is 7.92. The van der Waals surface area contributed by atoms with E-state index in [-0.39, 0.29) is 6.10 Å². The number of hydrogen-bond acceptors (Lipinski definition) is 5. The third-order valence-corrected chi connectivity index (χ3v) is 5.66. The first kappa shape index (κ1) is 13.8. The largest absolute Gasteiger partial charge is 0.481 e. The van der Waals surface area contributed by atoms with Crippen molar-refractivity contribution in [3.63, 3.8) is 0 Å². The summed E-state index contributed by atoms with van der Waals surface area (Å²) in [5.74, 6) is -0.589. The maximum Gasteiger partial charge on any atom is 0.312 e. The van der Waals surface area contributed by atoms with E-state index in [9.17, 15) is 9.90 Å². The zero-order valence-corrected chi connectivity index (χ0v) is 12.7. The van der Waals surface area contributed by atoms with Gasteiger partial charge in [-0.15, -0.1) is 11.3 Å². The third kappa shape index (κ3) is 2.31. The number of thiazole rings is 1. The summed E-state index contributed by atoms with van der Waals surface area (Å²) in [6.45, 7) is 4.04. The number of aliphatic carboxylic acids is 1. The molecule has 2 aliphatic rings. The van der Waals surface area contributed by atoms with Crippen molar-refractivity contribution >= 4 is 22.4 Å². The summed E-state index contributed by atoms with van der Waals surface area (Å²) < 4.78 is 5.53. The second-order valence-corrected chi connectivity index (χ2v) is 6.78. The van der Waals surface area contributed by atoms with Crippen LogP contribution in [-0.2, 0) is 16.0 Å². The van der Waals surface area contributed by atoms with Gasteiger partial charge in [0.15, 0.2) is 5.13 Å². The number of methoxy groups -OCH3 is 1. The highest BCUT2D eigenvalue weighted by atomic mass is 32.1. The molecule has 1 aliphatic carbocycles. The van der Waals surface area contributed by atoms with Gasteiger partial charge in [-0.05, 0) is 25.2 Å². The summed E-state index contributed by atoms with van der Waals surface area (Å²) in [4.78, 5) is 19.2. The second-order valence-electron chi connectivity index (χ2n) is 5.72. The van der Waals surface area contributed by atoms with Gasteiger partial charge in [-0.2, -0.15) is 0 Å². The van der Waals surface area contributed by atoms with Crippen LogP contribution in [0.25, 0.3) is 0 Å². The Bertz CT molecular complexity index is 517. The minimum absolute atomic E-state index is 0.234. The quantitative estimate of drug-likeness (QED) is 0.925. The number of piperidine rings is 1.